The van der Waals surface area contributed by atoms with Gasteiger partial charge in [-0.2, -0.15) is 14.9 Å². The lowest BCUT2D eigenvalue weighted by molar-refractivity contribution is 0.862. The Bertz CT molecular complexity index is 796. The molecule has 0 unspecified atom stereocenters. The molecule has 6 nitrogen and oxygen atoms in total. The van der Waals surface area contributed by atoms with E-state index in [2.05, 4.69) is 20.3 Å². The third kappa shape index (κ3) is 2.30. The SMILES string of the molecule is Cn1cccc1C=Nn1c(-c2ccncc2)n[nH]c1=S. The van der Waals surface area contributed by atoms with Crippen LogP contribution in [0, 0.1) is 4.77 Å². The molecule has 0 saturated heterocycles. The highest BCUT2D eigenvalue weighted by atomic mass is 32.1. The van der Waals surface area contributed by atoms with Crippen molar-refractivity contribution in [2.45, 2.75) is 0 Å². The molecule has 0 aromatic carbocycles. The van der Waals surface area contributed by atoms with Gasteiger partial charge in [-0.25, -0.2) is 5.10 Å². The molecule has 3 heterocycles. The maximum absolute atomic E-state index is 5.21. The first-order valence-electron chi connectivity index (χ1n) is 5.99. The summed E-state index contributed by atoms with van der Waals surface area (Å²) in [5.74, 6) is 0.655. The quantitative estimate of drug-likeness (QED) is 0.592. The molecule has 20 heavy (non-hydrogen) atoms. The summed E-state index contributed by atoms with van der Waals surface area (Å²) in [6.07, 6.45) is 7.12. The van der Waals surface area contributed by atoms with Crippen LogP contribution in [0.2, 0.25) is 0 Å². The molecule has 3 aromatic heterocycles. The van der Waals surface area contributed by atoms with Crippen LogP contribution in [0.1, 0.15) is 5.69 Å². The first kappa shape index (κ1) is 12.5. The second-order valence-electron chi connectivity index (χ2n) is 4.19. The van der Waals surface area contributed by atoms with Gasteiger partial charge in [0.2, 0.25) is 4.77 Å². The summed E-state index contributed by atoms with van der Waals surface area (Å²) in [7, 11) is 1.96. The number of nitrogens with zero attached hydrogens (tertiary/aromatic N) is 5. The summed E-state index contributed by atoms with van der Waals surface area (Å²) in [5, 5.41) is 11.4. The first-order chi connectivity index (χ1) is 9.75. The van der Waals surface area contributed by atoms with E-state index in [9.17, 15) is 0 Å². The van der Waals surface area contributed by atoms with Crippen molar-refractivity contribution < 1.29 is 0 Å². The van der Waals surface area contributed by atoms with Crippen molar-refractivity contribution in [2.75, 3.05) is 0 Å². The molecule has 0 bridgehead atoms. The number of H-pyrrole nitrogens is 1. The molecule has 3 rings (SSSR count). The van der Waals surface area contributed by atoms with Gasteiger partial charge in [0.15, 0.2) is 5.82 Å². The zero-order valence-electron chi connectivity index (χ0n) is 10.8. The minimum absolute atomic E-state index is 0.447. The lowest BCUT2D eigenvalue weighted by Crippen LogP contribution is -1.98. The second-order valence-corrected chi connectivity index (χ2v) is 4.58. The molecule has 0 aliphatic carbocycles. The fourth-order valence-electron chi connectivity index (χ4n) is 1.81. The summed E-state index contributed by atoms with van der Waals surface area (Å²) in [5.41, 5.74) is 1.88. The molecule has 0 amide bonds. The Morgan fingerprint density at radius 3 is 2.80 bits per heavy atom. The molecule has 0 radical (unpaired) electrons. The number of aromatic nitrogens is 5. The maximum atomic E-state index is 5.21. The highest BCUT2D eigenvalue weighted by Gasteiger charge is 2.07. The summed E-state index contributed by atoms with van der Waals surface area (Å²) in [6.45, 7) is 0. The predicted octanol–water partition coefficient (Wildman–Crippen LogP) is 2.22. The van der Waals surface area contributed by atoms with Crippen LogP contribution >= 0.6 is 12.2 Å². The fraction of sp³-hybridized carbons (Fsp3) is 0.0769. The lowest BCUT2D eigenvalue weighted by Gasteiger charge is -2.00. The van der Waals surface area contributed by atoms with Crippen molar-refractivity contribution in [2.24, 2.45) is 12.1 Å². The van der Waals surface area contributed by atoms with E-state index in [1.54, 1.807) is 23.3 Å². The van der Waals surface area contributed by atoms with Crippen molar-refractivity contribution in [1.82, 2.24) is 24.4 Å². The highest BCUT2D eigenvalue weighted by Crippen LogP contribution is 2.15. The average Bonchev–Trinajstić information content (AvgIpc) is 3.04. The zero-order chi connectivity index (χ0) is 13.9. The van der Waals surface area contributed by atoms with Gasteiger partial charge in [-0.3, -0.25) is 4.98 Å². The number of rotatable bonds is 3. The van der Waals surface area contributed by atoms with Gasteiger partial charge in [-0.15, -0.1) is 0 Å². The Balaban J connectivity index is 2.03. The fourth-order valence-corrected chi connectivity index (χ4v) is 1.99. The van der Waals surface area contributed by atoms with Crippen LogP contribution in [0.5, 0.6) is 0 Å². The van der Waals surface area contributed by atoms with Crippen LogP contribution in [0.15, 0.2) is 48.0 Å². The number of aromatic amines is 1. The minimum atomic E-state index is 0.447. The van der Waals surface area contributed by atoms with Crippen LogP contribution in [0.4, 0.5) is 0 Å². The van der Waals surface area contributed by atoms with Gasteiger partial charge in [0.1, 0.15) is 0 Å². The minimum Gasteiger partial charge on any atom is -0.350 e. The van der Waals surface area contributed by atoms with Crippen molar-refractivity contribution in [1.29, 1.82) is 0 Å². The molecular formula is C13H12N6S. The van der Waals surface area contributed by atoms with Crippen LogP contribution in [0.3, 0.4) is 0 Å². The Kier molecular flexibility index (Phi) is 3.26. The van der Waals surface area contributed by atoms with Gasteiger partial charge in [0.25, 0.3) is 0 Å². The van der Waals surface area contributed by atoms with Gasteiger partial charge in [0, 0.05) is 31.2 Å². The number of hydrogen-bond donors (Lipinski definition) is 1. The molecule has 0 aliphatic heterocycles. The Hall–Kier alpha value is -2.54. The number of hydrogen-bond acceptors (Lipinski definition) is 4. The molecule has 0 saturated carbocycles. The normalized spacial score (nSPS) is 11.2. The summed E-state index contributed by atoms with van der Waals surface area (Å²) >= 11 is 5.21. The Morgan fingerprint density at radius 1 is 1.30 bits per heavy atom. The number of aryl methyl sites for hydroxylation is 1. The van der Waals surface area contributed by atoms with E-state index in [4.69, 9.17) is 12.2 Å². The third-order valence-corrected chi connectivity index (χ3v) is 3.14. The topological polar surface area (TPSA) is 63.8 Å². The standard InChI is InChI=1S/C13H12N6S/c1-18-8-2-3-11(18)9-15-19-12(16-17-13(19)20)10-4-6-14-7-5-10/h2-9H,1H3,(H,17,20). The van der Waals surface area contributed by atoms with Crippen molar-refractivity contribution in [3.63, 3.8) is 0 Å². The molecule has 100 valence electrons. The van der Waals surface area contributed by atoms with E-state index in [0.29, 0.717) is 10.6 Å². The molecule has 0 aliphatic rings. The van der Waals surface area contributed by atoms with Gasteiger partial charge in [0.05, 0.1) is 11.9 Å². The second kappa shape index (κ2) is 5.22. The van der Waals surface area contributed by atoms with Crippen molar-refractivity contribution >= 4 is 18.4 Å². The third-order valence-electron chi connectivity index (χ3n) is 2.88. The van der Waals surface area contributed by atoms with Crippen LogP contribution in [-0.2, 0) is 7.05 Å². The number of nitrogens with one attached hydrogen (secondary N) is 1. The molecule has 7 heteroatoms. The van der Waals surface area contributed by atoms with Crippen LogP contribution < -0.4 is 0 Å². The van der Waals surface area contributed by atoms with E-state index >= 15 is 0 Å². The predicted molar refractivity (Wildman–Crippen MR) is 79.0 cm³/mol. The van der Waals surface area contributed by atoms with Crippen LogP contribution in [0.25, 0.3) is 11.4 Å². The summed E-state index contributed by atoms with van der Waals surface area (Å²) < 4.78 is 4.01. The lowest BCUT2D eigenvalue weighted by atomic mass is 10.2. The largest absolute Gasteiger partial charge is 0.350 e. The zero-order valence-corrected chi connectivity index (χ0v) is 11.6. The van der Waals surface area contributed by atoms with Crippen molar-refractivity contribution in [3.8, 4) is 11.4 Å². The molecule has 0 atom stereocenters. The van der Waals surface area contributed by atoms with E-state index in [1.807, 2.05) is 42.1 Å². The number of pyridine rings is 1. The van der Waals surface area contributed by atoms with E-state index < -0.39 is 0 Å². The molecule has 0 fully saturated rings. The van der Waals surface area contributed by atoms with Crippen LogP contribution in [-0.4, -0.2) is 30.6 Å². The highest BCUT2D eigenvalue weighted by molar-refractivity contribution is 7.71. The van der Waals surface area contributed by atoms with E-state index in [-0.39, 0.29) is 0 Å². The van der Waals surface area contributed by atoms with Gasteiger partial charge in [-0.05, 0) is 36.5 Å². The van der Waals surface area contributed by atoms with E-state index in [0.717, 1.165) is 11.3 Å². The molecule has 1 N–H and O–H groups in total. The van der Waals surface area contributed by atoms with Gasteiger partial charge < -0.3 is 4.57 Å². The molecule has 3 aromatic rings. The Morgan fingerprint density at radius 2 is 2.10 bits per heavy atom. The van der Waals surface area contributed by atoms with Gasteiger partial charge >= 0.3 is 0 Å². The maximum Gasteiger partial charge on any atom is 0.216 e. The summed E-state index contributed by atoms with van der Waals surface area (Å²) in [6, 6.07) is 7.65. The van der Waals surface area contributed by atoms with Crippen molar-refractivity contribution in [3.05, 3.63) is 53.3 Å². The van der Waals surface area contributed by atoms with E-state index in [1.165, 1.54) is 0 Å². The first-order valence-corrected chi connectivity index (χ1v) is 6.40. The monoisotopic (exact) mass is 284 g/mol. The summed E-state index contributed by atoms with van der Waals surface area (Å²) in [4.78, 5) is 3.99. The Labute approximate surface area is 120 Å². The average molecular weight is 284 g/mol. The smallest absolute Gasteiger partial charge is 0.216 e. The molecular weight excluding hydrogens is 272 g/mol. The van der Waals surface area contributed by atoms with Gasteiger partial charge in [-0.1, -0.05) is 0 Å². The molecule has 0 spiro atoms.